The van der Waals surface area contributed by atoms with Crippen LogP contribution in [0.1, 0.15) is 25.3 Å². The molecule has 0 spiro atoms. The highest BCUT2D eigenvalue weighted by Crippen LogP contribution is 2.43. The summed E-state index contributed by atoms with van der Waals surface area (Å²) in [6, 6.07) is 16.3. The largest absolute Gasteiger partial charge is 0.507 e. The van der Waals surface area contributed by atoms with Crippen LogP contribution in [0.3, 0.4) is 0 Å². The summed E-state index contributed by atoms with van der Waals surface area (Å²) in [5.74, 6) is 1.02. The minimum atomic E-state index is -0.501. The van der Waals surface area contributed by atoms with Crippen LogP contribution >= 0.6 is 12.2 Å². The third-order valence-electron chi connectivity index (χ3n) is 7.07. The van der Waals surface area contributed by atoms with Gasteiger partial charge in [0, 0.05) is 19.6 Å². The molecular weight excluding hydrogens is 475 g/mol. The quantitative estimate of drug-likeness (QED) is 0.358. The van der Waals surface area contributed by atoms with Crippen LogP contribution in [0.4, 0.5) is 10.2 Å². The van der Waals surface area contributed by atoms with Gasteiger partial charge in [-0.05, 0) is 59.6 Å². The first kappa shape index (κ1) is 22.9. The number of hydrogen-bond donors (Lipinski definition) is 2. The van der Waals surface area contributed by atoms with Crippen molar-refractivity contribution in [2.45, 2.75) is 25.8 Å². The Morgan fingerprint density at radius 2 is 2.00 bits per heavy atom. The number of para-hydroxylation sites is 1. The lowest BCUT2D eigenvalue weighted by atomic mass is 9.99. The maximum absolute atomic E-state index is 15.0. The van der Waals surface area contributed by atoms with E-state index >= 15 is 4.39 Å². The van der Waals surface area contributed by atoms with Crippen LogP contribution in [0, 0.1) is 10.6 Å². The Morgan fingerprint density at radius 3 is 2.81 bits per heavy atom. The lowest BCUT2D eigenvalue weighted by Crippen LogP contribution is -2.53. The molecule has 0 unspecified atom stereocenters. The molecule has 4 aromatic rings. The first-order chi connectivity index (χ1) is 17.4. The lowest BCUT2D eigenvalue weighted by Gasteiger charge is -2.35. The number of piperazine rings is 1. The number of hydrogen-bond acceptors (Lipinski definition) is 6. The zero-order valence-electron chi connectivity index (χ0n) is 20.2. The highest BCUT2D eigenvalue weighted by molar-refractivity contribution is 7.71. The summed E-state index contributed by atoms with van der Waals surface area (Å²) >= 11 is 5.92. The maximum atomic E-state index is 15.0. The Morgan fingerprint density at radius 1 is 1.17 bits per heavy atom. The van der Waals surface area contributed by atoms with Crippen LogP contribution < -0.4 is 15.0 Å². The summed E-state index contributed by atoms with van der Waals surface area (Å²) in [6.07, 6.45) is 0. The molecule has 6 nitrogen and oxygen atoms in total. The van der Waals surface area contributed by atoms with Gasteiger partial charge in [-0.1, -0.05) is 38.1 Å². The van der Waals surface area contributed by atoms with Crippen molar-refractivity contribution >= 4 is 28.9 Å². The van der Waals surface area contributed by atoms with Crippen molar-refractivity contribution in [1.29, 1.82) is 0 Å². The second-order valence-corrected chi connectivity index (χ2v) is 10.00. The first-order valence-corrected chi connectivity index (χ1v) is 12.6. The van der Waals surface area contributed by atoms with Crippen molar-refractivity contribution < 1.29 is 14.2 Å². The molecule has 36 heavy (non-hydrogen) atoms. The fourth-order valence-electron chi connectivity index (χ4n) is 5.35. The Kier molecular flexibility index (Phi) is 5.65. The van der Waals surface area contributed by atoms with E-state index in [1.165, 1.54) is 18.2 Å². The fourth-order valence-corrected chi connectivity index (χ4v) is 5.64. The summed E-state index contributed by atoms with van der Waals surface area (Å²) in [4.78, 5) is 7.23. The molecule has 1 fully saturated rings. The molecule has 6 rings (SSSR count). The molecule has 0 bridgehead atoms. The summed E-state index contributed by atoms with van der Waals surface area (Å²) in [5.41, 5.74) is 3.48. The molecule has 2 aliphatic heterocycles. The highest BCUT2D eigenvalue weighted by atomic mass is 32.1. The second kappa shape index (κ2) is 8.87. The molecule has 2 aliphatic rings. The molecule has 184 valence electrons. The Balaban J connectivity index is 1.74. The average Bonchev–Trinajstić information content (AvgIpc) is 3.02. The zero-order valence-corrected chi connectivity index (χ0v) is 21.0. The van der Waals surface area contributed by atoms with Gasteiger partial charge < -0.3 is 20.1 Å². The number of phenols is 1. The van der Waals surface area contributed by atoms with Gasteiger partial charge >= 0.3 is 0 Å². The monoisotopic (exact) mass is 502 g/mol. The van der Waals surface area contributed by atoms with E-state index < -0.39 is 5.82 Å². The Bertz CT molecular complexity index is 1530. The summed E-state index contributed by atoms with van der Waals surface area (Å²) in [5, 5.41) is 14.9. The molecule has 3 aromatic carbocycles. The van der Waals surface area contributed by atoms with Crippen LogP contribution in [-0.4, -0.2) is 46.9 Å². The molecule has 0 saturated carbocycles. The third kappa shape index (κ3) is 3.63. The average molecular weight is 503 g/mol. The SMILES string of the molecule is CC(C)c1ccccc1-n1c(=S)nc2c3c(cc(-c4c(O)cccc4F)cc31)OC[C@@H]1CNCCN21. The number of ether oxygens (including phenoxy) is 1. The molecule has 1 atom stereocenters. The minimum absolute atomic E-state index is 0.0976. The maximum Gasteiger partial charge on any atom is 0.206 e. The van der Waals surface area contributed by atoms with Gasteiger partial charge in [0.25, 0.3) is 0 Å². The normalized spacial score (nSPS) is 17.1. The Labute approximate surface area is 214 Å². The first-order valence-electron chi connectivity index (χ1n) is 12.2. The van der Waals surface area contributed by atoms with E-state index in [1.807, 2.05) is 28.8 Å². The standard InChI is InChI=1S/C28H27FN4O2S/c1-16(2)19-6-3-4-8-21(19)33-22-12-17(25-20(29)7-5-9-23(25)34)13-24-26(22)27(31-28(33)36)32-11-10-30-14-18(32)15-35-24/h3-9,12-13,16,18,30,34H,10-11,14-15H2,1-2H3/t18-/m0/s1. The van der Waals surface area contributed by atoms with E-state index in [1.54, 1.807) is 6.07 Å². The molecule has 1 aromatic heterocycles. The second-order valence-electron chi connectivity index (χ2n) is 9.63. The van der Waals surface area contributed by atoms with Gasteiger partial charge in [0.15, 0.2) is 0 Å². The molecule has 0 radical (unpaired) electrons. The minimum Gasteiger partial charge on any atom is -0.507 e. The smallest absolute Gasteiger partial charge is 0.206 e. The van der Waals surface area contributed by atoms with Gasteiger partial charge in [-0.2, -0.15) is 0 Å². The number of phenolic OH excluding ortho intramolecular Hbond substituents is 1. The Hall–Kier alpha value is -3.49. The van der Waals surface area contributed by atoms with Gasteiger partial charge in [0.05, 0.1) is 28.2 Å². The highest BCUT2D eigenvalue weighted by Gasteiger charge is 2.32. The van der Waals surface area contributed by atoms with Crippen LogP contribution in [-0.2, 0) is 0 Å². The number of anilines is 1. The predicted molar refractivity (Wildman–Crippen MR) is 143 cm³/mol. The third-order valence-corrected chi connectivity index (χ3v) is 7.35. The molecule has 0 amide bonds. The molecule has 0 aliphatic carbocycles. The van der Waals surface area contributed by atoms with Crippen molar-refractivity contribution in [3.05, 3.63) is 70.7 Å². The van der Waals surface area contributed by atoms with E-state index in [0.717, 1.165) is 47.6 Å². The van der Waals surface area contributed by atoms with Crippen LogP contribution in [0.2, 0.25) is 0 Å². The number of aromatic nitrogens is 2. The van der Waals surface area contributed by atoms with Gasteiger partial charge in [-0.25, -0.2) is 9.37 Å². The lowest BCUT2D eigenvalue weighted by molar-refractivity contribution is 0.274. The summed E-state index contributed by atoms with van der Waals surface area (Å²) in [6.45, 7) is 7.14. The molecule has 8 heteroatoms. The summed E-state index contributed by atoms with van der Waals surface area (Å²) < 4.78 is 23.8. The van der Waals surface area contributed by atoms with Crippen LogP contribution in [0.25, 0.3) is 27.7 Å². The predicted octanol–water partition coefficient (Wildman–Crippen LogP) is 5.56. The van der Waals surface area contributed by atoms with Crippen molar-refractivity contribution in [2.24, 2.45) is 0 Å². The number of nitrogens with zero attached hydrogens (tertiary/aromatic N) is 3. The number of rotatable bonds is 3. The van der Waals surface area contributed by atoms with Crippen molar-refractivity contribution in [3.8, 4) is 28.3 Å². The van der Waals surface area contributed by atoms with Gasteiger partial charge in [0.2, 0.25) is 4.77 Å². The number of halogens is 1. The molecular formula is C28H27FN4O2S. The summed E-state index contributed by atoms with van der Waals surface area (Å²) in [7, 11) is 0. The zero-order chi connectivity index (χ0) is 25.0. The van der Waals surface area contributed by atoms with E-state index in [-0.39, 0.29) is 23.3 Å². The molecule has 2 N–H and O–H groups in total. The van der Waals surface area contributed by atoms with E-state index in [2.05, 4.69) is 30.1 Å². The number of aromatic hydroxyl groups is 1. The molecule has 1 saturated heterocycles. The van der Waals surface area contributed by atoms with E-state index in [4.69, 9.17) is 21.9 Å². The van der Waals surface area contributed by atoms with Gasteiger partial charge in [-0.15, -0.1) is 0 Å². The van der Waals surface area contributed by atoms with E-state index in [0.29, 0.717) is 22.7 Å². The van der Waals surface area contributed by atoms with Crippen molar-refractivity contribution in [3.63, 3.8) is 0 Å². The van der Waals surface area contributed by atoms with Crippen LogP contribution in [0.15, 0.2) is 54.6 Å². The van der Waals surface area contributed by atoms with Crippen molar-refractivity contribution in [1.82, 2.24) is 14.9 Å². The van der Waals surface area contributed by atoms with E-state index in [9.17, 15) is 5.11 Å². The van der Waals surface area contributed by atoms with Gasteiger partial charge in [0.1, 0.15) is 29.7 Å². The number of benzene rings is 3. The van der Waals surface area contributed by atoms with Gasteiger partial charge in [-0.3, -0.25) is 4.57 Å². The number of fused-ring (bicyclic) bond motifs is 2. The molecule has 3 heterocycles. The topological polar surface area (TPSA) is 62.6 Å². The number of nitrogens with one attached hydrogen (secondary N) is 1. The van der Waals surface area contributed by atoms with Crippen LogP contribution in [0.5, 0.6) is 11.5 Å². The fraction of sp³-hybridized carbons (Fsp3) is 0.286. The van der Waals surface area contributed by atoms with Crippen molar-refractivity contribution in [2.75, 3.05) is 31.1 Å².